The number of aryl methyl sites for hydroxylation is 2. The number of hydrogen-bond acceptors (Lipinski definition) is 1. The van der Waals surface area contributed by atoms with Crippen LogP contribution in [0.1, 0.15) is 17.5 Å². The van der Waals surface area contributed by atoms with Crippen LogP contribution in [0.25, 0.3) is 0 Å². The molecule has 0 N–H and O–H groups in total. The molecule has 0 saturated heterocycles. The number of hydrogen-bond donors (Lipinski definition) is 0. The fraction of sp³-hybridized carbons (Fsp3) is 0.300. The molecule has 1 aromatic rings. The summed E-state index contributed by atoms with van der Waals surface area (Å²) >= 11 is 3.40. The molecule has 1 aromatic carbocycles. The number of rotatable bonds is 3. The highest BCUT2D eigenvalue weighted by molar-refractivity contribution is 9.10. The number of carbonyl (C=O) groups is 1. The predicted octanol–water partition coefficient (Wildman–Crippen LogP) is 2.89. The Morgan fingerprint density at radius 1 is 1.50 bits per heavy atom. The Bertz CT molecular complexity index is 281. The molecule has 0 saturated carbocycles. The Morgan fingerprint density at radius 3 is 2.92 bits per heavy atom. The Balaban J connectivity index is 2.82. The van der Waals surface area contributed by atoms with E-state index in [2.05, 4.69) is 35.0 Å². The van der Waals surface area contributed by atoms with Gasteiger partial charge in [-0.15, -0.1) is 0 Å². The molecule has 64 valence electrons. The zero-order valence-corrected chi connectivity index (χ0v) is 8.60. The summed E-state index contributed by atoms with van der Waals surface area (Å²) < 4.78 is 1.08. The third-order valence-corrected chi connectivity index (χ3v) is 2.34. The van der Waals surface area contributed by atoms with Crippen LogP contribution in [0.2, 0.25) is 0 Å². The van der Waals surface area contributed by atoms with E-state index in [1.165, 1.54) is 11.1 Å². The smallest absolute Gasteiger partial charge is 0.120 e. The molecule has 0 heterocycles. The average molecular weight is 227 g/mol. The maximum Gasteiger partial charge on any atom is 0.120 e. The van der Waals surface area contributed by atoms with E-state index in [-0.39, 0.29) is 0 Å². The minimum absolute atomic E-state index is 0.608. The quantitative estimate of drug-likeness (QED) is 0.725. The topological polar surface area (TPSA) is 17.1 Å². The summed E-state index contributed by atoms with van der Waals surface area (Å²) in [4.78, 5) is 10.2. The molecule has 0 unspecified atom stereocenters. The van der Waals surface area contributed by atoms with Crippen molar-refractivity contribution < 1.29 is 4.79 Å². The second-order valence-corrected chi connectivity index (χ2v) is 3.69. The van der Waals surface area contributed by atoms with Crippen LogP contribution in [-0.2, 0) is 11.2 Å². The van der Waals surface area contributed by atoms with Gasteiger partial charge in [-0.1, -0.05) is 22.0 Å². The van der Waals surface area contributed by atoms with Crippen molar-refractivity contribution in [2.75, 3.05) is 0 Å². The summed E-state index contributed by atoms with van der Waals surface area (Å²) in [6.45, 7) is 2.06. The van der Waals surface area contributed by atoms with E-state index >= 15 is 0 Å². The lowest BCUT2D eigenvalue weighted by atomic mass is 10.0. The molecule has 0 aliphatic heterocycles. The van der Waals surface area contributed by atoms with Gasteiger partial charge < -0.3 is 4.79 Å². The van der Waals surface area contributed by atoms with Crippen molar-refractivity contribution >= 4 is 22.2 Å². The van der Waals surface area contributed by atoms with E-state index in [9.17, 15) is 4.79 Å². The summed E-state index contributed by atoms with van der Waals surface area (Å²) in [6.07, 6.45) is 2.41. The minimum atomic E-state index is 0.608. The molecule has 1 rings (SSSR count). The van der Waals surface area contributed by atoms with Gasteiger partial charge >= 0.3 is 0 Å². The monoisotopic (exact) mass is 226 g/mol. The summed E-state index contributed by atoms with van der Waals surface area (Å²) in [6, 6.07) is 6.14. The standard InChI is InChI=1S/C10H11BrO/c1-8-4-5-10(11)7-9(8)3-2-6-12/h4-7H,2-3H2,1H3. The van der Waals surface area contributed by atoms with E-state index in [0.29, 0.717) is 6.42 Å². The zero-order chi connectivity index (χ0) is 8.97. The largest absolute Gasteiger partial charge is 0.303 e. The molecule has 0 bridgehead atoms. The van der Waals surface area contributed by atoms with Crippen LogP contribution in [0.15, 0.2) is 22.7 Å². The average Bonchev–Trinajstić information content (AvgIpc) is 2.07. The molecule has 0 amide bonds. The summed E-state index contributed by atoms with van der Waals surface area (Å²) in [5.41, 5.74) is 2.50. The lowest BCUT2D eigenvalue weighted by molar-refractivity contribution is -0.107. The van der Waals surface area contributed by atoms with Crippen LogP contribution in [0.5, 0.6) is 0 Å². The molecular formula is C10H11BrO. The third kappa shape index (κ3) is 2.45. The minimum Gasteiger partial charge on any atom is -0.303 e. The first-order chi connectivity index (χ1) is 5.74. The highest BCUT2D eigenvalue weighted by atomic mass is 79.9. The van der Waals surface area contributed by atoms with Crippen LogP contribution >= 0.6 is 15.9 Å². The Labute approximate surface area is 80.9 Å². The van der Waals surface area contributed by atoms with Crippen molar-refractivity contribution in [1.29, 1.82) is 0 Å². The molecule has 0 spiro atoms. The van der Waals surface area contributed by atoms with Crippen LogP contribution in [0, 0.1) is 6.92 Å². The van der Waals surface area contributed by atoms with Gasteiger partial charge in [0.1, 0.15) is 6.29 Å². The second kappa shape index (κ2) is 4.41. The highest BCUT2D eigenvalue weighted by Gasteiger charge is 1.97. The van der Waals surface area contributed by atoms with E-state index in [1.807, 2.05) is 6.07 Å². The van der Waals surface area contributed by atoms with E-state index < -0.39 is 0 Å². The Morgan fingerprint density at radius 2 is 2.25 bits per heavy atom. The van der Waals surface area contributed by atoms with E-state index in [1.54, 1.807) is 0 Å². The third-order valence-electron chi connectivity index (χ3n) is 1.84. The van der Waals surface area contributed by atoms with E-state index in [0.717, 1.165) is 17.2 Å². The molecular weight excluding hydrogens is 216 g/mol. The van der Waals surface area contributed by atoms with Gasteiger partial charge in [0.25, 0.3) is 0 Å². The van der Waals surface area contributed by atoms with Crippen molar-refractivity contribution in [1.82, 2.24) is 0 Å². The fourth-order valence-corrected chi connectivity index (χ4v) is 1.53. The fourth-order valence-electron chi connectivity index (χ4n) is 1.12. The number of benzene rings is 1. The molecule has 0 aromatic heterocycles. The number of halogens is 1. The second-order valence-electron chi connectivity index (χ2n) is 2.78. The summed E-state index contributed by atoms with van der Waals surface area (Å²) in [5.74, 6) is 0. The van der Waals surface area contributed by atoms with Gasteiger partial charge in [0.05, 0.1) is 0 Å². The molecule has 2 heteroatoms. The molecule has 0 fully saturated rings. The molecule has 0 radical (unpaired) electrons. The van der Waals surface area contributed by atoms with Crippen LogP contribution in [-0.4, -0.2) is 6.29 Å². The first-order valence-electron chi connectivity index (χ1n) is 3.92. The SMILES string of the molecule is Cc1ccc(Br)cc1CCC=O. The lowest BCUT2D eigenvalue weighted by Crippen LogP contribution is -1.90. The van der Waals surface area contributed by atoms with Crippen LogP contribution in [0.3, 0.4) is 0 Å². The predicted molar refractivity (Wildman–Crippen MR) is 53.3 cm³/mol. The molecule has 1 nitrogen and oxygen atoms in total. The first-order valence-corrected chi connectivity index (χ1v) is 4.72. The zero-order valence-electron chi connectivity index (χ0n) is 7.01. The molecule has 0 aliphatic rings. The van der Waals surface area contributed by atoms with Gasteiger partial charge in [0.2, 0.25) is 0 Å². The normalized spacial score (nSPS) is 9.83. The summed E-state index contributed by atoms with van der Waals surface area (Å²) in [7, 11) is 0. The number of aldehydes is 1. The maximum absolute atomic E-state index is 10.2. The highest BCUT2D eigenvalue weighted by Crippen LogP contribution is 2.16. The lowest BCUT2D eigenvalue weighted by Gasteiger charge is -2.03. The first kappa shape index (κ1) is 9.46. The van der Waals surface area contributed by atoms with Crippen LogP contribution < -0.4 is 0 Å². The Hall–Kier alpha value is -0.630. The van der Waals surface area contributed by atoms with Crippen molar-refractivity contribution in [2.45, 2.75) is 19.8 Å². The van der Waals surface area contributed by atoms with Crippen molar-refractivity contribution in [3.05, 3.63) is 33.8 Å². The van der Waals surface area contributed by atoms with Gasteiger partial charge in [0, 0.05) is 10.9 Å². The van der Waals surface area contributed by atoms with Gasteiger partial charge in [-0.25, -0.2) is 0 Å². The molecule has 0 atom stereocenters. The van der Waals surface area contributed by atoms with Gasteiger partial charge in [-0.3, -0.25) is 0 Å². The maximum atomic E-state index is 10.2. The Kier molecular flexibility index (Phi) is 3.48. The van der Waals surface area contributed by atoms with Crippen LogP contribution in [0.4, 0.5) is 0 Å². The van der Waals surface area contributed by atoms with E-state index in [4.69, 9.17) is 0 Å². The summed E-state index contributed by atoms with van der Waals surface area (Å²) in [5, 5.41) is 0. The van der Waals surface area contributed by atoms with Crippen molar-refractivity contribution in [2.24, 2.45) is 0 Å². The van der Waals surface area contributed by atoms with Gasteiger partial charge in [-0.2, -0.15) is 0 Å². The molecule has 0 aliphatic carbocycles. The van der Waals surface area contributed by atoms with Gasteiger partial charge in [0.15, 0.2) is 0 Å². The van der Waals surface area contributed by atoms with Crippen molar-refractivity contribution in [3.63, 3.8) is 0 Å². The van der Waals surface area contributed by atoms with Gasteiger partial charge in [-0.05, 0) is 36.6 Å². The number of carbonyl (C=O) groups excluding carboxylic acids is 1. The van der Waals surface area contributed by atoms with Crippen molar-refractivity contribution in [3.8, 4) is 0 Å². The molecule has 12 heavy (non-hydrogen) atoms.